The van der Waals surface area contributed by atoms with E-state index in [9.17, 15) is 24.6 Å². The largest absolute Gasteiger partial charge is 0.548 e. The number of carboxylic acids is 1. The normalized spacial score (nSPS) is 13.8. The number of aliphatic carboxylic acids is 1. The third-order valence-electron chi connectivity index (χ3n) is 5.03. The Morgan fingerprint density at radius 3 is 1.94 bits per heavy atom. The van der Waals surface area contributed by atoms with E-state index in [2.05, 4.69) is 16.4 Å². The number of phenols is 1. The lowest BCUT2D eigenvalue weighted by Crippen LogP contribution is -2.71. The quantitative estimate of drug-likeness (QED) is 0.391. The molecule has 3 unspecified atom stereocenters. The molecule has 166 valence electrons. The van der Waals surface area contributed by atoms with Gasteiger partial charge < -0.3 is 31.4 Å². The zero-order valence-electron chi connectivity index (χ0n) is 17.7. The molecule has 0 saturated carbocycles. The zero-order valence-corrected chi connectivity index (χ0v) is 17.7. The fraction of sp³-hybridized carbons (Fsp3) is 0.348. The summed E-state index contributed by atoms with van der Waals surface area (Å²) in [7, 11) is 0. The van der Waals surface area contributed by atoms with Crippen molar-refractivity contribution in [1.82, 2.24) is 10.6 Å². The second kappa shape index (κ2) is 11.1. The van der Waals surface area contributed by atoms with Crippen LogP contribution in [0.25, 0.3) is 0 Å². The van der Waals surface area contributed by atoms with Gasteiger partial charge in [-0.1, -0.05) is 56.3 Å². The maximum atomic E-state index is 13.0. The number of nitrogens with one attached hydrogen (secondary N) is 2. The van der Waals surface area contributed by atoms with Gasteiger partial charge in [-0.05, 0) is 29.7 Å². The molecular formula is C23H29N3O5. The summed E-state index contributed by atoms with van der Waals surface area (Å²) in [5, 5.41) is 26.2. The molecular weight excluding hydrogens is 398 g/mol. The van der Waals surface area contributed by atoms with Gasteiger partial charge in [-0.2, -0.15) is 0 Å². The van der Waals surface area contributed by atoms with Crippen LogP contribution in [0.15, 0.2) is 54.6 Å². The van der Waals surface area contributed by atoms with Gasteiger partial charge in [0.15, 0.2) is 6.04 Å². The van der Waals surface area contributed by atoms with Crippen LogP contribution in [-0.2, 0) is 27.2 Å². The molecule has 0 saturated heterocycles. The number of quaternary nitrogens is 1. The number of hydrogen-bond donors (Lipinski definition) is 4. The minimum Gasteiger partial charge on any atom is -0.548 e. The Bertz CT molecular complexity index is 884. The van der Waals surface area contributed by atoms with E-state index in [1.165, 1.54) is 12.1 Å². The molecule has 8 nitrogen and oxygen atoms in total. The highest BCUT2D eigenvalue weighted by atomic mass is 16.4. The topological polar surface area (TPSA) is 146 Å². The monoisotopic (exact) mass is 427 g/mol. The second-order valence-corrected chi connectivity index (χ2v) is 7.85. The summed E-state index contributed by atoms with van der Waals surface area (Å²) in [6, 6.07) is 12.3. The fourth-order valence-corrected chi connectivity index (χ4v) is 2.97. The summed E-state index contributed by atoms with van der Waals surface area (Å²) >= 11 is 0. The van der Waals surface area contributed by atoms with Gasteiger partial charge in [0.2, 0.25) is 5.91 Å². The SMILES string of the molecule is CC(C)C([NH3+])C(=O)NC(Cc1ccccc1)C(=O)NC(Cc1ccc(O)cc1)C(=O)[O-]. The van der Waals surface area contributed by atoms with E-state index < -0.39 is 30.0 Å². The highest BCUT2D eigenvalue weighted by Crippen LogP contribution is 2.12. The van der Waals surface area contributed by atoms with Crippen LogP contribution in [0, 0.1) is 5.92 Å². The fourth-order valence-electron chi connectivity index (χ4n) is 2.97. The average Bonchev–Trinajstić information content (AvgIpc) is 2.74. The predicted molar refractivity (Wildman–Crippen MR) is 112 cm³/mol. The van der Waals surface area contributed by atoms with Crippen LogP contribution in [0.4, 0.5) is 0 Å². The van der Waals surface area contributed by atoms with Crippen molar-refractivity contribution in [3.05, 3.63) is 65.7 Å². The van der Waals surface area contributed by atoms with Crippen molar-refractivity contribution < 1.29 is 30.3 Å². The maximum Gasteiger partial charge on any atom is 0.279 e. The van der Waals surface area contributed by atoms with Crippen LogP contribution in [0.2, 0.25) is 0 Å². The smallest absolute Gasteiger partial charge is 0.279 e. The molecule has 2 aromatic rings. The Labute approximate surface area is 181 Å². The Kier molecular flexibility index (Phi) is 8.57. The third-order valence-corrected chi connectivity index (χ3v) is 5.03. The van der Waals surface area contributed by atoms with Crippen LogP contribution >= 0.6 is 0 Å². The van der Waals surface area contributed by atoms with E-state index in [-0.39, 0.29) is 30.4 Å². The Morgan fingerprint density at radius 2 is 1.39 bits per heavy atom. The first-order valence-corrected chi connectivity index (χ1v) is 10.1. The molecule has 0 spiro atoms. The number of rotatable bonds is 10. The number of carboxylic acid groups (broad SMARTS) is 1. The molecule has 0 bridgehead atoms. The molecule has 0 aliphatic rings. The van der Waals surface area contributed by atoms with E-state index in [0.717, 1.165) is 5.56 Å². The number of hydrogen-bond acceptors (Lipinski definition) is 5. The summed E-state index contributed by atoms with van der Waals surface area (Å²) in [6.45, 7) is 3.71. The molecule has 2 amide bonds. The van der Waals surface area contributed by atoms with Crippen molar-refractivity contribution >= 4 is 17.8 Å². The number of aromatic hydroxyl groups is 1. The van der Waals surface area contributed by atoms with Gasteiger partial charge in [-0.3, -0.25) is 9.59 Å². The van der Waals surface area contributed by atoms with Crippen LogP contribution in [0.1, 0.15) is 25.0 Å². The van der Waals surface area contributed by atoms with Crippen LogP contribution in [0.5, 0.6) is 5.75 Å². The summed E-state index contributed by atoms with van der Waals surface area (Å²) in [5.41, 5.74) is 5.26. The predicted octanol–water partition coefficient (Wildman–Crippen LogP) is -0.837. The molecule has 31 heavy (non-hydrogen) atoms. The maximum absolute atomic E-state index is 13.0. The van der Waals surface area contributed by atoms with Gasteiger partial charge in [0.1, 0.15) is 11.8 Å². The number of carbonyl (C=O) groups is 3. The van der Waals surface area contributed by atoms with Crippen LogP contribution in [0.3, 0.4) is 0 Å². The number of phenolic OH excluding ortho intramolecular Hbond substituents is 1. The summed E-state index contributed by atoms with van der Waals surface area (Å²) in [5.74, 6) is -2.42. The lowest BCUT2D eigenvalue weighted by Gasteiger charge is -2.25. The molecule has 0 heterocycles. The molecule has 0 aliphatic carbocycles. The molecule has 2 rings (SSSR count). The molecule has 6 N–H and O–H groups in total. The first kappa shape index (κ1) is 23.9. The van der Waals surface area contributed by atoms with Crippen LogP contribution in [-0.4, -0.2) is 41.0 Å². The lowest BCUT2D eigenvalue weighted by molar-refractivity contribution is -0.414. The zero-order chi connectivity index (χ0) is 23.0. The van der Waals surface area contributed by atoms with Crippen molar-refractivity contribution in [1.29, 1.82) is 0 Å². The molecule has 0 fully saturated rings. The molecule has 3 atom stereocenters. The van der Waals surface area contributed by atoms with Crippen molar-refractivity contribution in [2.24, 2.45) is 5.92 Å². The van der Waals surface area contributed by atoms with Gasteiger partial charge in [0.05, 0.1) is 12.0 Å². The Hall–Kier alpha value is -3.39. The molecule has 8 heteroatoms. The van der Waals surface area contributed by atoms with Gasteiger partial charge in [-0.25, -0.2) is 0 Å². The van der Waals surface area contributed by atoms with Gasteiger partial charge in [0.25, 0.3) is 5.91 Å². The van der Waals surface area contributed by atoms with E-state index >= 15 is 0 Å². The molecule has 0 aliphatic heterocycles. The van der Waals surface area contributed by atoms with Crippen molar-refractivity contribution in [2.75, 3.05) is 0 Å². The van der Waals surface area contributed by atoms with E-state index in [0.29, 0.717) is 5.56 Å². The minimum atomic E-state index is -1.44. The standard InChI is InChI=1S/C23H29N3O5/c1-14(2)20(24)22(29)25-18(12-15-6-4-3-5-7-15)21(28)26-19(23(30)31)13-16-8-10-17(27)11-9-16/h3-11,14,18-20,27H,12-13,24H2,1-2H3,(H,25,29)(H,26,28)(H,30,31). The molecule has 0 aromatic heterocycles. The lowest BCUT2D eigenvalue weighted by atomic mass is 10.0. The van der Waals surface area contributed by atoms with E-state index in [1.807, 2.05) is 44.2 Å². The second-order valence-electron chi connectivity index (χ2n) is 7.85. The van der Waals surface area contributed by atoms with Crippen LogP contribution < -0.4 is 21.5 Å². The number of amides is 2. The highest BCUT2D eigenvalue weighted by Gasteiger charge is 2.29. The molecule has 2 aromatic carbocycles. The summed E-state index contributed by atoms with van der Waals surface area (Å²) in [6.07, 6.45) is 0.173. The van der Waals surface area contributed by atoms with Gasteiger partial charge >= 0.3 is 0 Å². The first-order chi connectivity index (χ1) is 14.7. The number of benzene rings is 2. The minimum absolute atomic E-state index is 0.0223. The number of carbonyl (C=O) groups excluding carboxylic acids is 3. The third kappa shape index (κ3) is 7.42. The highest BCUT2D eigenvalue weighted by molar-refractivity contribution is 5.91. The van der Waals surface area contributed by atoms with E-state index in [1.54, 1.807) is 12.1 Å². The van der Waals surface area contributed by atoms with E-state index in [4.69, 9.17) is 0 Å². The molecule has 0 radical (unpaired) electrons. The average molecular weight is 428 g/mol. The van der Waals surface area contributed by atoms with Crippen molar-refractivity contribution in [2.45, 2.75) is 44.8 Å². The van der Waals surface area contributed by atoms with Gasteiger partial charge in [-0.15, -0.1) is 0 Å². The first-order valence-electron chi connectivity index (χ1n) is 10.1. The Balaban J connectivity index is 2.17. The summed E-state index contributed by atoms with van der Waals surface area (Å²) in [4.78, 5) is 37.1. The van der Waals surface area contributed by atoms with Crippen molar-refractivity contribution in [3.8, 4) is 5.75 Å². The van der Waals surface area contributed by atoms with Gasteiger partial charge in [0, 0.05) is 12.3 Å². The Morgan fingerprint density at radius 1 is 0.871 bits per heavy atom. The van der Waals surface area contributed by atoms with Crippen molar-refractivity contribution in [3.63, 3.8) is 0 Å². The summed E-state index contributed by atoms with van der Waals surface area (Å²) < 4.78 is 0.